The van der Waals surface area contributed by atoms with Crippen LogP contribution in [0.3, 0.4) is 0 Å². The molecule has 0 saturated heterocycles. The van der Waals surface area contributed by atoms with Gasteiger partial charge in [0.05, 0.1) is 5.75 Å². The molecule has 0 aliphatic carbocycles. The van der Waals surface area contributed by atoms with Crippen LogP contribution in [-0.2, 0) is 4.79 Å². The van der Waals surface area contributed by atoms with Gasteiger partial charge < -0.3 is 0 Å². The first-order valence-electron chi connectivity index (χ1n) is 8.07. The fourth-order valence-corrected chi connectivity index (χ4v) is 4.46. The first-order chi connectivity index (χ1) is 12.8. The monoisotopic (exact) mass is 404 g/mol. The van der Waals surface area contributed by atoms with Crippen LogP contribution in [0.4, 0.5) is 4.39 Å². The lowest BCUT2D eigenvalue weighted by Gasteiger charge is -2.08. The third-order valence-corrected chi connectivity index (χ3v) is 5.95. The van der Waals surface area contributed by atoms with Gasteiger partial charge >= 0.3 is 0 Å². The number of hydrogen-bond acceptors (Lipinski definition) is 6. The molecule has 0 radical (unpaired) electrons. The van der Waals surface area contributed by atoms with Crippen LogP contribution in [0.2, 0.25) is 0 Å². The summed E-state index contributed by atoms with van der Waals surface area (Å²) in [5, 5.41) is 1.72. The Morgan fingerprint density at radius 3 is 2.52 bits per heavy atom. The van der Waals surface area contributed by atoms with E-state index in [1.54, 1.807) is 11.3 Å². The fourth-order valence-electron chi connectivity index (χ4n) is 2.39. The Morgan fingerprint density at radius 1 is 1.11 bits per heavy atom. The van der Waals surface area contributed by atoms with E-state index in [0.717, 1.165) is 20.8 Å². The highest BCUT2D eigenvalue weighted by Gasteiger charge is 2.15. The van der Waals surface area contributed by atoms with Gasteiger partial charge in [0.2, 0.25) is 5.91 Å². The number of carbonyl (C=O) groups is 2. The molecule has 140 valence electrons. The first kappa shape index (κ1) is 19.2. The van der Waals surface area contributed by atoms with E-state index in [2.05, 4.69) is 20.8 Å². The molecule has 0 unspecified atom stereocenters. The number of amides is 2. The van der Waals surface area contributed by atoms with E-state index in [1.807, 2.05) is 20.8 Å². The minimum absolute atomic E-state index is 0.0869. The Bertz CT molecular complexity index is 1020. The third-order valence-electron chi connectivity index (χ3n) is 3.87. The lowest BCUT2D eigenvalue weighted by molar-refractivity contribution is -0.119. The van der Waals surface area contributed by atoms with Gasteiger partial charge in [-0.1, -0.05) is 11.8 Å². The molecule has 3 aromatic rings. The standard InChI is InChI=1S/C18H17FN4O2S2/c1-9-10(2)27-18-15(9)17(20-11(3)21-18)26-8-14(24)22-23-16(25)12-4-6-13(19)7-5-12/h4-7H,8H2,1-3H3,(H,22,24)(H,23,25). The summed E-state index contributed by atoms with van der Waals surface area (Å²) in [6.07, 6.45) is 0. The predicted molar refractivity (Wildman–Crippen MR) is 104 cm³/mol. The number of thioether (sulfide) groups is 1. The van der Waals surface area contributed by atoms with E-state index in [1.165, 1.54) is 40.9 Å². The Labute approximate surface area is 163 Å². The third kappa shape index (κ3) is 4.42. The van der Waals surface area contributed by atoms with Gasteiger partial charge in [0, 0.05) is 15.8 Å². The van der Waals surface area contributed by atoms with Crippen LogP contribution in [0.15, 0.2) is 29.3 Å². The molecule has 0 bridgehead atoms. The van der Waals surface area contributed by atoms with Crippen molar-refractivity contribution in [3.63, 3.8) is 0 Å². The summed E-state index contributed by atoms with van der Waals surface area (Å²) in [6.45, 7) is 5.86. The number of carbonyl (C=O) groups excluding carboxylic acids is 2. The molecule has 0 aliphatic heterocycles. The van der Waals surface area contributed by atoms with Crippen molar-refractivity contribution in [1.29, 1.82) is 0 Å². The maximum absolute atomic E-state index is 12.9. The molecular weight excluding hydrogens is 387 g/mol. The number of aromatic nitrogens is 2. The quantitative estimate of drug-likeness (QED) is 0.396. The zero-order valence-corrected chi connectivity index (χ0v) is 16.6. The van der Waals surface area contributed by atoms with Crippen molar-refractivity contribution in [3.8, 4) is 0 Å². The minimum atomic E-state index is -0.516. The summed E-state index contributed by atoms with van der Waals surface area (Å²) in [7, 11) is 0. The van der Waals surface area contributed by atoms with Crippen LogP contribution in [0.1, 0.15) is 26.6 Å². The second-order valence-electron chi connectivity index (χ2n) is 5.84. The van der Waals surface area contributed by atoms with Gasteiger partial charge in [-0.05, 0) is 50.6 Å². The molecule has 0 fully saturated rings. The van der Waals surface area contributed by atoms with Crippen molar-refractivity contribution < 1.29 is 14.0 Å². The fraction of sp³-hybridized carbons (Fsp3) is 0.222. The van der Waals surface area contributed by atoms with Gasteiger partial charge in [-0.2, -0.15) is 0 Å². The predicted octanol–water partition coefficient (Wildman–Crippen LogP) is 3.31. The van der Waals surface area contributed by atoms with E-state index in [-0.39, 0.29) is 17.2 Å². The number of thiophene rings is 1. The lowest BCUT2D eigenvalue weighted by Crippen LogP contribution is -2.42. The number of benzene rings is 1. The first-order valence-corrected chi connectivity index (χ1v) is 9.87. The molecule has 9 heteroatoms. The van der Waals surface area contributed by atoms with E-state index >= 15 is 0 Å². The van der Waals surface area contributed by atoms with Crippen molar-refractivity contribution in [1.82, 2.24) is 20.8 Å². The molecule has 2 aromatic heterocycles. The van der Waals surface area contributed by atoms with Crippen molar-refractivity contribution >= 4 is 45.1 Å². The number of halogens is 1. The van der Waals surface area contributed by atoms with E-state index < -0.39 is 11.7 Å². The molecule has 3 rings (SSSR count). The molecule has 0 aliphatic rings. The summed E-state index contributed by atoms with van der Waals surface area (Å²) >= 11 is 2.90. The van der Waals surface area contributed by atoms with Crippen LogP contribution in [0, 0.1) is 26.6 Å². The number of aryl methyl sites for hydroxylation is 3. The molecule has 27 heavy (non-hydrogen) atoms. The van der Waals surface area contributed by atoms with Crippen LogP contribution in [-0.4, -0.2) is 27.5 Å². The highest BCUT2D eigenvalue weighted by molar-refractivity contribution is 8.00. The van der Waals surface area contributed by atoms with Gasteiger partial charge in [0.1, 0.15) is 21.5 Å². The molecule has 6 nitrogen and oxygen atoms in total. The molecule has 2 N–H and O–H groups in total. The number of fused-ring (bicyclic) bond motifs is 1. The SMILES string of the molecule is Cc1nc(SCC(=O)NNC(=O)c2ccc(F)cc2)c2c(C)c(C)sc2n1. The number of nitrogens with one attached hydrogen (secondary N) is 2. The molecule has 2 amide bonds. The summed E-state index contributed by atoms with van der Waals surface area (Å²) < 4.78 is 12.9. The van der Waals surface area contributed by atoms with Crippen molar-refractivity contribution in [2.24, 2.45) is 0 Å². The maximum Gasteiger partial charge on any atom is 0.269 e. The maximum atomic E-state index is 12.9. The number of nitrogens with zero attached hydrogens (tertiary/aromatic N) is 2. The van der Waals surface area contributed by atoms with E-state index in [4.69, 9.17) is 0 Å². The molecule has 0 atom stereocenters. The van der Waals surface area contributed by atoms with E-state index in [0.29, 0.717) is 5.82 Å². The normalized spacial score (nSPS) is 10.8. The Morgan fingerprint density at radius 2 is 1.81 bits per heavy atom. The average molecular weight is 404 g/mol. The smallest absolute Gasteiger partial charge is 0.269 e. The molecule has 0 spiro atoms. The van der Waals surface area contributed by atoms with E-state index in [9.17, 15) is 14.0 Å². The van der Waals surface area contributed by atoms with Crippen LogP contribution in [0.25, 0.3) is 10.2 Å². The Balaban J connectivity index is 1.62. The van der Waals surface area contributed by atoms with Gasteiger partial charge in [0.25, 0.3) is 5.91 Å². The van der Waals surface area contributed by atoms with Gasteiger partial charge in [-0.15, -0.1) is 11.3 Å². The highest BCUT2D eigenvalue weighted by atomic mass is 32.2. The lowest BCUT2D eigenvalue weighted by atomic mass is 10.2. The zero-order chi connectivity index (χ0) is 19.6. The van der Waals surface area contributed by atoms with Crippen LogP contribution in [0.5, 0.6) is 0 Å². The summed E-state index contributed by atoms with van der Waals surface area (Å²) in [5.74, 6) is -0.583. The summed E-state index contributed by atoms with van der Waals surface area (Å²) in [5.41, 5.74) is 6.03. The Kier molecular flexibility index (Phi) is 5.71. The topological polar surface area (TPSA) is 84.0 Å². The summed E-state index contributed by atoms with van der Waals surface area (Å²) in [6, 6.07) is 5.04. The van der Waals surface area contributed by atoms with Crippen molar-refractivity contribution in [2.75, 3.05) is 5.75 Å². The zero-order valence-electron chi connectivity index (χ0n) is 14.9. The average Bonchev–Trinajstić information content (AvgIpc) is 2.92. The number of rotatable bonds is 4. The highest BCUT2D eigenvalue weighted by Crippen LogP contribution is 2.34. The second-order valence-corrected chi connectivity index (χ2v) is 8.00. The van der Waals surface area contributed by atoms with Gasteiger partial charge in [-0.3, -0.25) is 20.4 Å². The van der Waals surface area contributed by atoms with Gasteiger partial charge in [0.15, 0.2) is 0 Å². The van der Waals surface area contributed by atoms with Crippen LogP contribution < -0.4 is 10.9 Å². The molecular formula is C18H17FN4O2S2. The largest absolute Gasteiger partial charge is 0.272 e. The number of hydrogen-bond donors (Lipinski definition) is 2. The summed E-state index contributed by atoms with van der Waals surface area (Å²) in [4.78, 5) is 35.0. The van der Waals surface area contributed by atoms with Crippen LogP contribution >= 0.6 is 23.1 Å². The minimum Gasteiger partial charge on any atom is -0.272 e. The van der Waals surface area contributed by atoms with Crippen molar-refractivity contribution in [3.05, 3.63) is 51.9 Å². The molecule has 2 heterocycles. The Hall–Kier alpha value is -2.52. The van der Waals surface area contributed by atoms with Gasteiger partial charge in [-0.25, -0.2) is 14.4 Å². The molecule has 1 aromatic carbocycles. The molecule has 0 saturated carbocycles. The number of hydrazine groups is 1. The van der Waals surface area contributed by atoms with Crippen molar-refractivity contribution in [2.45, 2.75) is 25.8 Å². The second kappa shape index (κ2) is 8.01.